The maximum atomic E-state index is 12.9. The van der Waals surface area contributed by atoms with E-state index in [1.54, 1.807) is 7.11 Å². The second-order valence-corrected chi connectivity index (χ2v) is 11.0. The molecule has 0 spiro atoms. The van der Waals surface area contributed by atoms with Crippen molar-refractivity contribution in [2.75, 3.05) is 13.7 Å². The highest BCUT2D eigenvalue weighted by atomic mass is 16.6. The number of ether oxygens (including phenoxy) is 2. The lowest BCUT2D eigenvalue weighted by Gasteiger charge is -2.60. The third-order valence-electron chi connectivity index (χ3n) is 8.39. The maximum absolute atomic E-state index is 12.9. The first-order valence-corrected chi connectivity index (χ1v) is 12.7. The van der Waals surface area contributed by atoms with E-state index in [1.807, 2.05) is 45.0 Å². The number of carbonyl (C=O) groups is 2. The van der Waals surface area contributed by atoms with Gasteiger partial charge in [0.25, 0.3) is 0 Å². The number of alkyl carbamates (subject to hydrolysis) is 1. The van der Waals surface area contributed by atoms with Gasteiger partial charge in [0.1, 0.15) is 11.9 Å². The van der Waals surface area contributed by atoms with Crippen molar-refractivity contribution in [1.29, 1.82) is 0 Å². The molecule has 0 bridgehead atoms. The van der Waals surface area contributed by atoms with E-state index < -0.39 is 23.7 Å². The Morgan fingerprint density at radius 2 is 1.83 bits per heavy atom. The van der Waals surface area contributed by atoms with Crippen LogP contribution in [0.25, 0.3) is 0 Å². The number of aliphatic hydroxyl groups excluding tert-OH is 2. The van der Waals surface area contributed by atoms with Gasteiger partial charge in [-0.3, -0.25) is 4.79 Å². The molecule has 2 amide bonds. The molecule has 1 aromatic rings. The van der Waals surface area contributed by atoms with Crippen molar-refractivity contribution in [1.82, 2.24) is 10.6 Å². The van der Waals surface area contributed by atoms with Crippen LogP contribution in [0.5, 0.6) is 5.75 Å². The topological polar surface area (TPSA) is 117 Å². The summed E-state index contributed by atoms with van der Waals surface area (Å²) in [5.41, 5.74) is -0.0436. The molecule has 3 rings (SSSR count). The van der Waals surface area contributed by atoms with Gasteiger partial charge in [-0.05, 0) is 74.5 Å². The number of rotatable bonds is 8. The largest absolute Gasteiger partial charge is 0.497 e. The highest BCUT2D eigenvalue weighted by Crippen LogP contribution is 2.61. The number of hydrogen-bond acceptors (Lipinski definition) is 6. The summed E-state index contributed by atoms with van der Waals surface area (Å²) in [4.78, 5) is 25.3. The van der Waals surface area contributed by atoms with Gasteiger partial charge in [0.05, 0.1) is 19.8 Å². The Hall–Kier alpha value is -2.32. The molecule has 6 atom stereocenters. The summed E-state index contributed by atoms with van der Waals surface area (Å²) in [6.45, 7) is 8.12. The Labute approximate surface area is 208 Å². The lowest BCUT2D eigenvalue weighted by molar-refractivity contribution is -0.186. The first-order chi connectivity index (χ1) is 16.5. The Kier molecular flexibility index (Phi) is 8.70. The summed E-state index contributed by atoms with van der Waals surface area (Å²) >= 11 is 0. The minimum Gasteiger partial charge on any atom is -0.497 e. The first kappa shape index (κ1) is 27.3. The molecule has 196 valence electrons. The second-order valence-electron chi connectivity index (χ2n) is 11.0. The summed E-state index contributed by atoms with van der Waals surface area (Å²) < 4.78 is 11.0. The third-order valence-corrected chi connectivity index (χ3v) is 8.39. The van der Waals surface area contributed by atoms with Gasteiger partial charge in [0.15, 0.2) is 0 Å². The van der Waals surface area contributed by atoms with Crippen LogP contribution in [-0.4, -0.2) is 54.2 Å². The number of aliphatic hydroxyl groups is 2. The fraction of sp³-hybridized carbons (Fsp3) is 0.704. The molecule has 1 aromatic carbocycles. The van der Waals surface area contributed by atoms with Gasteiger partial charge in [-0.2, -0.15) is 0 Å². The number of benzene rings is 1. The number of hydrogen-bond donors (Lipinski definition) is 4. The molecule has 8 heteroatoms. The van der Waals surface area contributed by atoms with Crippen molar-refractivity contribution in [3.05, 3.63) is 29.8 Å². The van der Waals surface area contributed by atoms with Crippen LogP contribution >= 0.6 is 0 Å². The van der Waals surface area contributed by atoms with Crippen LogP contribution in [0, 0.1) is 22.7 Å². The molecule has 0 saturated heterocycles. The fourth-order valence-electron chi connectivity index (χ4n) is 6.39. The van der Waals surface area contributed by atoms with E-state index in [0.717, 1.165) is 11.3 Å². The quantitative estimate of drug-likeness (QED) is 0.444. The van der Waals surface area contributed by atoms with E-state index in [1.165, 1.54) is 0 Å². The van der Waals surface area contributed by atoms with E-state index in [2.05, 4.69) is 17.6 Å². The van der Waals surface area contributed by atoms with Crippen LogP contribution in [0.15, 0.2) is 24.3 Å². The zero-order valence-corrected chi connectivity index (χ0v) is 21.7. The van der Waals surface area contributed by atoms with Crippen LogP contribution < -0.4 is 15.4 Å². The van der Waals surface area contributed by atoms with Gasteiger partial charge in [-0.1, -0.05) is 26.0 Å². The first-order valence-electron chi connectivity index (χ1n) is 12.7. The predicted molar refractivity (Wildman–Crippen MR) is 133 cm³/mol. The molecule has 0 unspecified atom stereocenters. The highest BCUT2D eigenvalue weighted by molar-refractivity contribution is 5.76. The van der Waals surface area contributed by atoms with Crippen molar-refractivity contribution in [3.63, 3.8) is 0 Å². The van der Waals surface area contributed by atoms with E-state index >= 15 is 0 Å². The normalized spacial score (nSPS) is 32.5. The molecular weight excluding hydrogens is 448 g/mol. The average Bonchev–Trinajstić information content (AvgIpc) is 2.82. The molecule has 0 heterocycles. The van der Waals surface area contributed by atoms with Gasteiger partial charge < -0.3 is 30.3 Å². The van der Waals surface area contributed by atoms with Gasteiger partial charge in [-0.15, -0.1) is 0 Å². The summed E-state index contributed by atoms with van der Waals surface area (Å²) in [6, 6.07) is 7.50. The van der Waals surface area contributed by atoms with Crippen molar-refractivity contribution < 1.29 is 29.3 Å². The molecule has 35 heavy (non-hydrogen) atoms. The summed E-state index contributed by atoms with van der Waals surface area (Å²) in [6.07, 6.45) is 1.27. The number of amides is 2. The minimum atomic E-state index is -0.653. The van der Waals surface area contributed by atoms with Gasteiger partial charge in [0, 0.05) is 24.4 Å². The van der Waals surface area contributed by atoms with Crippen molar-refractivity contribution in [2.24, 2.45) is 22.7 Å². The predicted octanol–water partition coefficient (Wildman–Crippen LogP) is 3.39. The number of fused-ring (bicyclic) bond motifs is 1. The molecule has 0 radical (unpaired) electrons. The lowest BCUT2D eigenvalue weighted by Crippen LogP contribution is -2.61. The van der Waals surface area contributed by atoms with Crippen molar-refractivity contribution >= 4 is 12.0 Å². The van der Waals surface area contributed by atoms with E-state index in [4.69, 9.17) is 9.47 Å². The summed E-state index contributed by atoms with van der Waals surface area (Å²) in [5, 5.41) is 27.2. The lowest BCUT2D eigenvalue weighted by atomic mass is 9.46. The monoisotopic (exact) mass is 490 g/mol. The Balaban J connectivity index is 1.70. The number of methoxy groups -OCH3 is 1. The highest BCUT2D eigenvalue weighted by Gasteiger charge is 2.60. The average molecular weight is 491 g/mol. The van der Waals surface area contributed by atoms with Crippen molar-refractivity contribution in [3.8, 4) is 5.75 Å². The van der Waals surface area contributed by atoms with Gasteiger partial charge in [-0.25, -0.2) is 4.79 Å². The minimum absolute atomic E-state index is 0.00777. The van der Waals surface area contributed by atoms with E-state index in [-0.39, 0.29) is 42.2 Å². The SMILES string of the molecule is COc1ccc(CNC(=O)C[C@@H]2[C@H](O)CC[C@H]3[C@](C)(CO)[C@@H](OC(=O)NC(C)C)CC[C@@]32C)cc1. The molecule has 2 fully saturated rings. The Bertz CT molecular complexity index is 875. The standard InChI is InChI=1S/C27H42N2O6/c1-17(2)29-25(33)35-23-12-13-26(3)20(21(31)10-11-22(26)27(23,4)16-30)14-24(32)28-15-18-6-8-19(34-5)9-7-18/h6-9,17,20-23,30-31H,10-16H2,1-5H3,(H,28,32)(H,29,33)/t20-,21-,22-,23+,26-,27+/m1/s1. The van der Waals surface area contributed by atoms with Crippen LogP contribution in [0.1, 0.15) is 65.4 Å². The molecule has 4 N–H and O–H groups in total. The van der Waals surface area contributed by atoms with Crippen LogP contribution in [0.4, 0.5) is 4.79 Å². The van der Waals surface area contributed by atoms with E-state index in [9.17, 15) is 19.8 Å². The van der Waals surface area contributed by atoms with Crippen LogP contribution in [0.2, 0.25) is 0 Å². The Morgan fingerprint density at radius 1 is 1.14 bits per heavy atom. The van der Waals surface area contributed by atoms with Crippen LogP contribution in [0.3, 0.4) is 0 Å². The molecule has 0 aliphatic heterocycles. The van der Waals surface area contributed by atoms with Crippen molar-refractivity contribution in [2.45, 2.75) is 84.6 Å². The fourth-order valence-corrected chi connectivity index (χ4v) is 6.39. The van der Waals surface area contributed by atoms with Crippen LogP contribution in [-0.2, 0) is 16.1 Å². The van der Waals surface area contributed by atoms with Gasteiger partial charge >= 0.3 is 6.09 Å². The smallest absolute Gasteiger partial charge is 0.407 e. The second kappa shape index (κ2) is 11.2. The molecular formula is C27H42N2O6. The Morgan fingerprint density at radius 3 is 2.43 bits per heavy atom. The maximum Gasteiger partial charge on any atom is 0.407 e. The van der Waals surface area contributed by atoms with Gasteiger partial charge in [0.2, 0.25) is 5.91 Å². The molecule has 0 aromatic heterocycles. The third kappa shape index (κ3) is 5.92. The number of carbonyl (C=O) groups excluding carboxylic acids is 2. The molecule has 8 nitrogen and oxygen atoms in total. The molecule has 2 aliphatic carbocycles. The summed E-state index contributed by atoms with van der Waals surface area (Å²) in [7, 11) is 1.61. The zero-order valence-electron chi connectivity index (χ0n) is 21.7. The summed E-state index contributed by atoms with van der Waals surface area (Å²) in [5.74, 6) is 0.423. The zero-order chi connectivity index (χ0) is 25.8. The van der Waals surface area contributed by atoms with E-state index in [0.29, 0.717) is 32.2 Å². The molecule has 2 saturated carbocycles. The number of nitrogens with one attached hydrogen (secondary N) is 2. The molecule has 2 aliphatic rings.